The molecule has 1 N–H and O–H groups in total. The third-order valence-corrected chi connectivity index (χ3v) is 4.20. The molecule has 19 heavy (non-hydrogen) atoms. The maximum atomic E-state index is 12.8. The van der Waals surface area contributed by atoms with Crippen molar-refractivity contribution in [3.63, 3.8) is 0 Å². The van der Waals surface area contributed by atoms with Gasteiger partial charge in [0.1, 0.15) is 11.6 Å². The van der Waals surface area contributed by atoms with E-state index in [9.17, 15) is 4.39 Å². The lowest BCUT2D eigenvalue weighted by atomic mass is 10.2. The summed E-state index contributed by atoms with van der Waals surface area (Å²) in [6.45, 7) is 0. The van der Waals surface area contributed by atoms with Crippen LogP contribution in [-0.2, 0) is 13.5 Å². The van der Waals surface area contributed by atoms with E-state index in [-0.39, 0.29) is 5.82 Å². The smallest absolute Gasteiger partial charge is 0.123 e. The maximum Gasteiger partial charge on any atom is 0.123 e. The van der Waals surface area contributed by atoms with Crippen LogP contribution in [0.2, 0.25) is 0 Å². The maximum absolute atomic E-state index is 12.8. The second kappa shape index (κ2) is 6.73. The molecule has 0 spiro atoms. The van der Waals surface area contributed by atoms with E-state index in [2.05, 4.69) is 10.3 Å². The number of benzene rings is 1. The van der Waals surface area contributed by atoms with Crippen molar-refractivity contribution in [1.29, 1.82) is 0 Å². The van der Waals surface area contributed by atoms with Crippen molar-refractivity contribution in [2.75, 3.05) is 12.8 Å². The fraction of sp³-hybridized carbons (Fsp3) is 0.357. The second-order valence-electron chi connectivity index (χ2n) is 4.41. The first-order valence-corrected chi connectivity index (χ1v) is 7.19. The van der Waals surface area contributed by atoms with Gasteiger partial charge in [0, 0.05) is 42.6 Å². The van der Waals surface area contributed by atoms with Gasteiger partial charge in [-0.15, -0.1) is 11.8 Å². The average Bonchev–Trinajstić information content (AvgIpc) is 2.82. The molecule has 102 valence electrons. The molecule has 0 aliphatic carbocycles. The number of hydrogen-bond acceptors (Lipinski definition) is 3. The number of hydrogen-bond donors (Lipinski definition) is 1. The van der Waals surface area contributed by atoms with E-state index in [0.29, 0.717) is 6.04 Å². The Morgan fingerprint density at radius 2 is 2.11 bits per heavy atom. The first-order chi connectivity index (χ1) is 9.19. The van der Waals surface area contributed by atoms with Crippen molar-refractivity contribution in [2.45, 2.75) is 17.4 Å². The molecule has 0 aliphatic rings. The van der Waals surface area contributed by atoms with Crippen molar-refractivity contribution < 1.29 is 4.39 Å². The largest absolute Gasteiger partial charge is 0.338 e. The van der Waals surface area contributed by atoms with E-state index in [1.54, 1.807) is 11.8 Å². The third-order valence-electron chi connectivity index (χ3n) is 3.02. The van der Waals surface area contributed by atoms with Crippen LogP contribution in [-0.4, -0.2) is 28.4 Å². The minimum Gasteiger partial charge on any atom is -0.338 e. The zero-order valence-electron chi connectivity index (χ0n) is 11.1. The van der Waals surface area contributed by atoms with Crippen molar-refractivity contribution in [3.8, 4) is 0 Å². The summed E-state index contributed by atoms with van der Waals surface area (Å²) in [5.41, 5.74) is 0. The fourth-order valence-corrected chi connectivity index (χ4v) is 2.79. The van der Waals surface area contributed by atoms with Gasteiger partial charge in [0.15, 0.2) is 0 Å². The topological polar surface area (TPSA) is 29.9 Å². The van der Waals surface area contributed by atoms with Crippen LogP contribution in [0.3, 0.4) is 0 Å². The highest BCUT2D eigenvalue weighted by Crippen LogP contribution is 2.19. The van der Waals surface area contributed by atoms with Crippen LogP contribution in [0.5, 0.6) is 0 Å². The molecule has 0 fully saturated rings. The summed E-state index contributed by atoms with van der Waals surface area (Å²) in [6, 6.07) is 6.96. The van der Waals surface area contributed by atoms with Crippen LogP contribution in [0.25, 0.3) is 0 Å². The monoisotopic (exact) mass is 279 g/mol. The Hall–Kier alpha value is -1.33. The molecular formula is C14H18FN3S. The molecule has 0 saturated carbocycles. The van der Waals surface area contributed by atoms with Gasteiger partial charge >= 0.3 is 0 Å². The van der Waals surface area contributed by atoms with Crippen molar-refractivity contribution in [3.05, 3.63) is 48.3 Å². The van der Waals surface area contributed by atoms with Crippen molar-refractivity contribution in [2.24, 2.45) is 7.05 Å². The first kappa shape index (κ1) is 14.1. The predicted molar refractivity (Wildman–Crippen MR) is 76.9 cm³/mol. The summed E-state index contributed by atoms with van der Waals surface area (Å²) in [4.78, 5) is 5.42. The summed E-state index contributed by atoms with van der Waals surface area (Å²) in [6.07, 6.45) is 4.65. The van der Waals surface area contributed by atoms with Crippen LogP contribution in [0.15, 0.2) is 41.6 Å². The van der Waals surface area contributed by atoms with Gasteiger partial charge in [-0.3, -0.25) is 0 Å². The van der Waals surface area contributed by atoms with Gasteiger partial charge < -0.3 is 9.88 Å². The van der Waals surface area contributed by atoms with E-state index in [1.807, 2.05) is 43.2 Å². The molecular weight excluding hydrogens is 261 g/mol. The normalized spacial score (nSPS) is 12.6. The Kier molecular flexibility index (Phi) is 4.99. The van der Waals surface area contributed by atoms with E-state index < -0.39 is 0 Å². The summed E-state index contributed by atoms with van der Waals surface area (Å²) < 4.78 is 14.9. The molecule has 0 saturated heterocycles. The van der Waals surface area contributed by atoms with Gasteiger partial charge in [-0.2, -0.15) is 0 Å². The van der Waals surface area contributed by atoms with Crippen LogP contribution in [0.1, 0.15) is 5.82 Å². The third kappa shape index (κ3) is 4.08. The highest BCUT2D eigenvalue weighted by molar-refractivity contribution is 7.99. The molecule has 0 bridgehead atoms. The number of nitrogens with one attached hydrogen (secondary N) is 1. The molecule has 2 aromatic rings. The van der Waals surface area contributed by atoms with Crippen molar-refractivity contribution in [1.82, 2.24) is 14.9 Å². The van der Waals surface area contributed by atoms with E-state index in [0.717, 1.165) is 22.9 Å². The Bertz CT molecular complexity index is 510. The lowest BCUT2D eigenvalue weighted by Crippen LogP contribution is -2.31. The van der Waals surface area contributed by atoms with Crippen LogP contribution < -0.4 is 5.32 Å². The Labute approximate surface area is 117 Å². The molecule has 3 nitrogen and oxygen atoms in total. The highest BCUT2D eigenvalue weighted by Gasteiger charge is 2.11. The van der Waals surface area contributed by atoms with Crippen LogP contribution in [0.4, 0.5) is 4.39 Å². The fourth-order valence-electron chi connectivity index (χ4n) is 1.79. The molecule has 0 radical (unpaired) electrons. The van der Waals surface area contributed by atoms with E-state index in [4.69, 9.17) is 0 Å². The molecule has 5 heteroatoms. The minimum absolute atomic E-state index is 0.192. The summed E-state index contributed by atoms with van der Waals surface area (Å²) in [5.74, 6) is 1.80. The molecule has 1 atom stereocenters. The van der Waals surface area contributed by atoms with Gasteiger partial charge in [-0.25, -0.2) is 9.37 Å². The predicted octanol–water partition coefficient (Wildman–Crippen LogP) is 2.48. The van der Waals surface area contributed by atoms with E-state index >= 15 is 0 Å². The summed E-state index contributed by atoms with van der Waals surface area (Å²) in [5, 5.41) is 3.30. The Morgan fingerprint density at radius 1 is 1.37 bits per heavy atom. The van der Waals surface area contributed by atoms with Crippen LogP contribution in [0, 0.1) is 5.82 Å². The second-order valence-corrected chi connectivity index (χ2v) is 5.50. The SMILES string of the molecule is CNC(CSc1ccc(F)cc1)Cc1nccn1C. The van der Waals surface area contributed by atoms with Gasteiger partial charge in [-0.1, -0.05) is 0 Å². The van der Waals surface area contributed by atoms with Crippen molar-refractivity contribution >= 4 is 11.8 Å². The lowest BCUT2D eigenvalue weighted by Gasteiger charge is -2.15. The highest BCUT2D eigenvalue weighted by atomic mass is 32.2. The number of rotatable bonds is 6. The molecule has 0 aliphatic heterocycles. The van der Waals surface area contributed by atoms with Gasteiger partial charge in [-0.05, 0) is 31.3 Å². The molecule has 1 heterocycles. The number of nitrogens with zero attached hydrogens (tertiary/aromatic N) is 2. The number of halogens is 1. The van der Waals surface area contributed by atoms with Gasteiger partial charge in [0.25, 0.3) is 0 Å². The lowest BCUT2D eigenvalue weighted by molar-refractivity contribution is 0.586. The quantitative estimate of drug-likeness (QED) is 0.824. The number of imidazole rings is 1. The Morgan fingerprint density at radius 3 is 2.68 bits per heavy atom. The zero-order chi connectivity index (χ0) is 13.7. The summed E-state index contributed by atoms with van der Waals surface area (Å²) >= 11 is 1.72. The van der Waals surface area contributed by atoms with E-state index in [1.165, 1.54) is 12.1 Å². The molecule has 1 unspecified atom stereocenters. The number of aryl methyl sites for hydroxylation is 1. The zero-order valence-corrected chi connectivity index (χ0v) is 12.0. The van der Waals surface area contributed by atoms with Crippen LogP contribution >= 0.6 is 11.8 Å². The number of likely N-dealkylation sites (N-methyl/N-ethyl adjacent to an activating group) is 1. The number of thioether (sulfide) groups is 1. The molecule has 1 aromatic heterocycles. The van der Waals surface area contributed by atoms with Gasteiger partial charge in [0.05, 0.1) is 0 Å². The first-order valence-electron chi connectivity index (χ1n) is 6.21. The molecule has 1 aromatic carbocycles. The summed E-state index contributed by atoms with van der Waals surface area (Å²) in [7, 11) is 3.96. The number of aromatic nitrogens is 2. The molecule has 0 amide bonds. The average molecular weight is 279 g/mol. The molecule has 2 rings (SSSR count). The van der Waals surface area contributed by atoms with Gasteiger partial charge in [0.2, 0.25) is 0 Å². The Balaban J connectivity index is 1.89. The standard InChI is InChI=1S/C14H18FN3S/c1-16-12(9-14-17-7-8-18(14)2)10-19-13-5-3-11(15)4-6-13/h3-8,12,16H,9-10H2,1-2H3. The minimum atomic E-state index is -0.192.